The fourth-order valence-corrected chi connectivity index (χ4v) is 3.88. The second kappa shape index (κ2) is 8.02. The molecule has 5 heteroatoms. The van der Waals surface area contributed by atoms with Gasteiger partial charge in [-0.1, -0.05) is 54.1 Å². The van der Waals surface area contributed by atoms with E-state index in [0.29, 0.717) is 10.6 Å². The van der Waals surface area contributed by atoms with Gasteiger partial charge < -0.3 is 14.6 Å². The number of nitrogens with one attached hydrogen (secondary N) is 1. The summed E-state index contributed by atoms with van der Waals surface area (Å²) in [5.74, 6) is 0.633. The van der Waals surface area contributed by atoms with Crippen molar-refractivity contribution in [3.05, 3.63) is 101 Å². The predicted octanol–water partition coefficient (Wildman–Crippen LogP) is 5.69. The third kappa shape index (κ3) is 3.59. The molecule has 29 heavy (non-hydrogen) atoms. The monoisotopic (exact) mass is 404 g/mol. The Labute approximate surface area is 174 Å². The van der Waals surface area contributed by atoms with Crippen LogP contribution in [-0.4, -0.2) is 29.9 Å². The Morgan fingerprint density at radius 1 is 1.00 bits per heavy atom. The lowest BCUT2D eigenvalue weighted by Crippen LogP contribution is -2.32. The van der Waals surface area contributed by atoms with Crippen LogP contribution in [0.3, 0.4) is 0 Å². The van der Waals surface area contributed by atoms with Crippen LogP contribution >= 0.6 is 11.6 Å². The molecule has 3 aromatic carbocycles. The number of carbonyl (C=O) groups is 1. The molecule has 0 saturated heterocycles. The zero-order valence-electron chi connectivity index (χ0n) is 16.2. The zero-order chi connectivity index (χ0) is 20.4. The predicted molar refractivity (Wildman–Crippen MR) is 117 cm³/mol. The molecule has 0 saturated carbocycles. The first-order chi connectivity index (χ1) is 14.1. The van der Waals surface area contributed by atoms with Gasteiger partial charge in [0.1, 0.15) is 5.75 Å². The molecular weight excluding hydrogens is 384 g/mol. The second-order valence-electron chi connectivity index (χ2n) is 6.86. The normalized spacial score (nSPS) is 12.0. The number of benzene rings is 3. The molecule has 1 heterocycles. The third-order valence-electron chi connectivity index (χ3n) is 5.16. The number of hydrogen-bond donors (Lipinski definition) is 1. The van der Waals surface area contributed by atoms with Crippen molar-refractivity contribution >= 4 is 28.4 Å². The minimum Gasteiger partial charge on any atom is -0.497 e. The maximum absolute atomic E-state index is 13.3. The molecule has 1 amide bonds. The number of aromatic amines is 1. The lowest BCUT2D eigenvalue weighted by atomic mass is 9.96. The summed E-state index contributed by atoms with van der Waals surface area (Å²) in [6.07, 6.45) is 1.97. The maximum atomic E-state index is 13.3. The molecule has 1 N–H and O–H groups in total. The molecule has 1 atom stereocenters. The largest absolute Gasteiger partial charge is 0.497 e. The molecule has 0 aliphatic heterocycles. The molecule has 0 fully saturated rings. The van der Waals surface area contributed by atoms with Crippen LogP contribution in [0.2, 0.25) is 5.02 Å². The van der Waals surface area contributed by atoms with Crippen LogP contribution in [0.4, 0.5) is 0 Å². The molecule has 4 aromatic rings. The quantitative estimate of drug-likeness (QED) is 0.464. The lowest BCUT2D eigenvalue weighted by molar-refractivity contribution is 0.0756. The van der Waals surface area contributed by atoms with Gasteiger partial charge >= 0.3 is 0 Å². The van der Waals surface area contributed by atoms with E-state index in [0.717, 1.165) is 27.8 Å². The highest BCUT2D eigenvalue weighted by molar-refractivity contribution is 6.33. The highest BCUT2D eigenvalue weighted by Crippen LogP contribution is 2.35. The van der Waals surface area contributed by atoms with E-state index < -0.39 is 0 Å². The number of H-pyrrole nitrogens is 1. The molecular formula is C24H21ClN2O2. The lowest BCUT2D eigenvalue weighted by Gasteiger charge is -2.29. The van der Waals surface area contributed by atoms with E-state index in [9.17, 15) is 4.79 Å². The molecule has 0 aliphatic carbocycles. The topological polar surface area (TPSA) is 45.3 Å². The van der Waals surface area contributed by atoms with Crippen LogP contribution in [0.25, 0.3) is 10.9 Å². The van der Waals surface area contributed by atoms with Crippen molar-refractivity contribution in [3.63, 3.8) is 0 Å². The molecule has 1 aromatic heterocycles. The van der Waals surface area contributed by atoms with Gasteiger partial charge in [-0.3, -0.25) is 4.79 Å². The van der Waals surface area contributed by atoms with Gasteiger partial charge in [-0.05, 0) is 35.9 Å². The van der Waals surface area contributed by atoms with Crippen molar-refractivity contribution in [2.45, 2.75) is 6.04 Å². The standard InChI is InChI=1S/C24H21ClN2O2/c1-27(24(28)19-8-3-5-9-21(19)25)23(16-11-13-17(29-2)14-12-16)20-15-26-22-10-6-4-7-18(20)22/h3-15,23,26H,1-2H3/t23-/m1/s1. The summed E-state index contributed by atoms with van der Waals surface area (Å²) >= 11 is 6.30. The summed E-state index contributed by atoms with van der Waals surface area (Å²) in [6.45, 7) is 0. The molecule has 0 bridgehead atoms. The Hall–Kier alpha value is -3.24. The Morgan fingerprint density at radius 2 is 1.69 bits per heavy atom. The number of fused-ring (bicyclic) bond motifs is 1. The summed E-state index contributed by atoms with van der Waals surface area (Å²) < 4.78 is 5.30. The number of methoxy groups -OCH3 is 1. The number of para-hydroxylation sites is 1. The number of hydrogen-bond acceptors (Lipinski definition) is 2. The summed E-state index contributed by atoms with van der Waals surface area (Å²) in [7, 11) is 3.45. The van der Waals surface area contributed by atoms with E-state index in [1.165, 1.54) is 0 Å². The van der Waals surface area contributed by atoms with Crippen LogP contribution in [0.5, 0.6) is 5.75 Å². The summed E-state index contributed by atoms with van der Waals surface area (Å²) in [6, 6.07) is 22.7. The second-order valence-corrected chi connectivity index (χ2v) is 7.27. The summed E-state index contributed by atoms with van der Waals surface area (Å²) in [4.78, 5) is 18.4. The van der Waals surface area contributed by atoms with Crippen LogP contribution in [0, 0.1) is 0 Å². The van der Waals surface area contributed by atoms with Crippen molar-refractivity contribution in [1.29, 1.82) is 0 Å². The minimum absolute atomic E-state index is 0.137. The average Bonchev–Trinajstić information content (AvgIpc) is 3.18. The fourth-order valence-electron chi connectivity index (χ4n) is 3.66. The van der Waals surface area contributed by atoms with Crippen molar-refractivity contribution in [2.24, 2.45) is 0 Å². The molecule has 0 unspecified atom stereocenters. The summed E-state index contributed by atoms with van der Waals surface area (Å²) in [5, 5.41) is 1.52. The number of halogens is 1. The minimum atomic E-state index is -0.291. The SMILES string of the molecule is COc1ccc([C@H](c2c[nH]c3ccccc23)N(C)C(=O)c2ccccc2Cl)cc1. The first kappa shape index (κ1) is 19.1. The van der Waals surface area contributed by atoms with E-state index in [-0.39, 0.29) is 11.9 Å². The van der Waals surface area contributed by atoms with E-state index in [4.69, 9.17) is 16.3 Å². The van der Waals surface area contributed by atoms with Gasteiger partial charge in [0.15, 0.2) is 0 Å². The van der Waals surface area contributed by atoms with Gasteiger partial charge in [-0.15, -0.1) is 0 Å². The highest BCUT2D eigenvalue weighted by atomic mass is 35.5. The van der Waals surface area contributed by atoms with Crippen LogP contribution in [-0.2, 0) is 0 Å². The van der Waals surface area contributed by atoms with Gasteiger partial charge in [0.05, 0.1) is 23.7 Å². The van der Waals surface area contributed by atoms with E-state index in [1.54, 1.807) is 24.1 Å². The molecule has 4 rings (SSSR count). The summed E-state index contributed by atoms with van der Waals surface area (Å²) in [5.41, 5.74) is 3.52. The maximum Gasteiger partial charge on any atom is 0.255 e. The van der Waals surface area contributed by atoms with Gasteiger partial charge in [0, 0.05) is 29.7 Å². The van der Waals surface area contributed by atoms with Crippen LogP contribution < -0.4 is 4.74 Å². The fraction of sp³-hybridized carbons (Fsp3) is 0.125. The number of rotatable bonds is 5. The Kier molecular flexibility index (Phi) is 5.28. The number of carbonyl (C=O) groups excluding carboxylic acids is 1. The van der Waals surface area contributed by atoms with Crippen molar-refractivity contribution in [3.8, 4) is 5.75 Å². The molecule has 0 spiro atoms. The van der Waals surface area contributed by atoms with Gasteiger partial charge in [0.25, 0.3) is 5.91 Å². The van der Waals surface area contributed by atoms with Gasteiger partial charge in [-0.2, -0.15) is 0 Å². The number of aromatic nitrogens is 1. The van der Waals surface area contributed by atoms with E-state index in [1.807, 2.05) is 67.8 Å². The highest BCUT2D eigenvalue weighted by Gasteiger charge is 2.27. The number of nitrogens with zero attached hydrogens (tertiary/aromatic N) is 1. The Morgan fingerprint density at radius 3 is 2.41 bits per heavy atom. The van der Waals surface area contributed by atoms with E-state index >= 15 is 0 Å². The van der Waals surface area contributed by atoms with Gasteiger partial charge in [0.2, 0.25) is 0 Å². The first-order valence-electron chi connectivity index (χ1n) is 9.32. The van der Waals surface area contributed by atoms with E-state index in [2.05, 4.69) is 11.1 Å². The Balaban J connectivity index is 1.83. The van der Waals surface area contributed by atoms with Crippen LogP contribution in [0.1, 0.15) is 27.5 Å². The van der Waals surface area contributed by atoms with Crippen molar-refractivity contribution in [2.75, 3.05) is 14.2 Å². The molecule has 4 nitrogen and oxygen atoms in total. The smallest absolute Gasteiger partial charge is 0.255 e. The number of amides is 1. The van der Waals surface area contributed by atoms with Crippen LogP contribution in [0.15, 0.2) is 79.0 Å². The van der Waals surface area contributed by atoms with Crippen molar-refractivity contribution < 1.29 is 9.53 Å². The third-order valence-corrected chi connectivity index (χ3v) is 5.49. The molecule has 0 aliphatic rings. The van der Waals surface area contributed by atoms with Gasteiger partial charge in [-0.25, -0.2) is 0 Å². The number of ether oxygens (including phenoxy) is 1. The molecule has 146 valence electrons. The molecule has 0 radical (unpaired) electrons. The first-order valence-corrected chi connectivity index (χ1v) is 9.69. The van der Waals surface area contributed by atoms with Crippen molar-refractivity contribution in [1.82, 2.24) is 9.88 Å². The average molecular weight is 405 g/mol. The Bertz CT molecular complexity index is 1150. The zero-order valence-corrected chi connectivity index (χ0v) is 17.0.